The summed E-state index contributed by atoms with van der Waals surface area (Å²) in [6, 6.07) is 6.25. The summed E-state index contributed by atoms with van der Waals surface area (Å²) in [5.41, 5.74) is 1.36. The fraction of sp³-hybridized carbons (Fsp3) is 0.308. The van der Waals surface area contributed by atoms with Crippen LogP contribution in [-0.2, 0) is 4.74 Å². The van der Waals surface area contributed by atoms with Gasteiger partial charge in [-0.3, -0.25) is 0 Å². The molecule has 1 unspecified atom stereocenters. The van der Waals surface area contributed by atoms with Crippen molar-refractivity contribution in [1.29, 1.82) is 5.26 Å². The van der Waals surface area contributed by atoms with Crippen molar-refractivity contribution in [3.63, 3.8) is 0 Å². The molecule has 2 heterocycles. The number of nitrogens with zero attached hydrogens (tertiary/aromatic N) is 4. The Balaban J connectivity index is 2.11. The van der Waals surface area contributed by atoms with Crippen molar-refractivity contribution in [3.05, 3.63) is 40.4 Å². The molecule has 1 aliphatic heterocycles. The van der Waals surface area contributed by atoms with Gasteiger partial charge >= 0.3 is 0 Å². The first-order valence-electron chi connectivity index (χ1n) is 6.13. The molecule has 0 radical (unpaired) electrons. The second kappa shape index (κ2) is 5.19. The third-order valence-electron chi connectivity index (χ3n) is 3.19. The molecular formula is C13H10ClFN4O. The van der Waals surface area contributed by atoms with E-state index in [9.17, 15) is 4.39 Å². The predicted molar refractivity (Wildman–Crippen MR) is 69.0 cm³/mol. The zero-order valence-corrected chi connectivity index (χ0v) is 11.1. The summed E-state index contributed by atoms with van der Waals surface area (Å²) < 4.78 is 20.3. The van der Waals surface area contributed by atoms with E-state index in [1.165, 1.54) is 22.9 Å². The molecule has 1 saturated heterocycles. The van der Waals surface area contributed by atoms with E-state index < -0.39 is 5.82 Å². The molecule has 102 valence electrons. The molecule has 20 heavy (non-hydrogen) atoms. The zero-order valence-electron chi connectivity index (χ0n) is 10.4. The molecule has 1 fully saturated rings. The highest BCUT2D eigenvalue weighted by Crippen LogP contribution is 2.31. The van der Waals surface area contributed by atoms with E-state index in [2.05, 4.69) is 10.3 Å². The largest absolute Gasteiger partial charge is 0.372 e. The molecule has 0 saturated carbocycles. The van der Waals surface area contributed by atoms with Gasteiger partial charge in [0.15, 0.2) is 5.69 Å². The maximum atomic E-state index is 13.2. The Morgan fingerprint density at radius 2 is 2.35 bits per heavy atom. The van der Waals surface area contributed by atoms with Crippen LogP contribution in [0.5, 0.6) is 0 Å². The van der Waals surface area contributed by atoms with Crippen molar-refractivity contribution in [1.82, 2.24) is 15.0 Å². The second-order valence-electron chi connectivity index (χ2n) is 4.45. The standard InChI is InChI=1S/C13H10ClFN4O/c14-9-6-8(3-4-10(9)15)19-13(11(7-16)17-18-19)12-2-1-5-20-12/h3-4,6,12H,1-2,5H2. The molecule has 0 amide bonds. The number of hydrogen-bond acceptors (Lipinski definition) is 4. The lowest BCUT2D eigenvalue weighted by Crippen LogP contribution is -2.08. The summed E-state index contributed by atoms with van der Waals surface area (Å²) in [4.78, 5) is 0. The normalized spacial score (nSPS) is 18.1. The topological polar surface area (TPSA) is 63.7 Å². The molecule has 1 aliphatic rings. The number of hydrogen-bond donors (Lipinski definition) is 0. The highest BCUT2D eigenvalue weighted by atomic mass is 35.5. The predicted octanol–water partition coefficient (Wildman–Crippen LogP) is 2.78. The van der Waals surface area contributed by atoms with Gasteiger partial charge in [-0.15, -0.1) is 5.10 Å². The van der Waals surface area contributed by atoms with E-state index in [0.29, 0.717) is 18.0 Å². The van der Waals surface area contributed by atoms with Crippen molar-refractivity contribution in [2.75, 3.05) is 6.61 Å². The lowest BCUT2D eigenvalue weighted by atomic mass is 10.1. The summed E-state index contributed by atoms with van der Waals surface area (Å²) >= 11 is 5.78. The van der Waals surface area contributed by atoms with E-state index in [1.807, 2.05) is 6.07 Å². The van der Waals surface area contributed by atoms with E-state index in [1.54, 1.807) is 0 Å². The lowest BCUT2D eigenvalue weighted by molar-refractivity contribution is 0.106. The summed E-state index contributed by atoms with van der Waals surface area (Å²) in [5, 5.41) is 16.9. The first kappa shape index (κ1) is 13.0. The summed E-state index contributed by atoms with van der Waals surface area (Å²) in [6.45, 7) is 0.644. The quantitative estimate of drug-likeness (QED) is 0.854. The Labute approximate surface area is 119 Å². The summed E-state index contributed by atoms with van der Waals surface area (Å²) in [6.07, 6.45) is 1.51. The molecule has 1 aromatic heterocycles. The third kappa shape index (κ3) is 2.15. The SMILES string of the molecule is N#Cc1nnn(-c2ccc(F)c(Cl)c2)c1C1CCCO1. The zero-order chi connectivity index (χ0) is 14.1. The molecule has 2 aromatic rings. The van der Waals surface area contributed by atoms with E-state index in [-0.39, 0.29) is 16.8 Å². The van der Waals surface area contributed by atoms with Crippen LogP contribution in [0.15, 0.2) is 18.2 Å². The van der Waals surface area contributed by atoms with Gasteiger partial charge in [0, 0.05) is 6.61 Å². The van der Waals surface area contributed by atoms with Crippen LogP contribution >= 0.6 is 11.6 Å². The van der Waals surface area contributed by atoms with Crippen LogP contribution in [0, 0.1) is 17.1 Å². The van der Waals surface area contributed by atoms with Crippen LogP contribution in [-0.4, -0.2) is 21.6 Å². The van der Waals surface area contributed by atoms with Crippen LogP contribution in [0.4, 0.5) is 4.39 Å². The van der Waals surface area contributed by atoms with Crippen LogP contribution in [0.25, 0.3) is 5.69 Å². The minimum absolute atomic E-state index is 0.00482. The van der Waals surface area contributed by atoms with E-state index in [4.69, 9.17) is 21.6 Å². The molecule has 5 nitrogen and oxygen atoms in total. The van der Waals surface area contributed by atoms with Crippen LogP contribution in [0.2, 0.25) is 5.02 Å². The molecule has 0 bridgehead atoms. The minimum Gasteiger partial charge on any atom is -0.372 e. The van der Waals surface area contributed by atoms with Crippen LogP contribution in [0.1, 0.15) is 30.3 Å². The fourth-order valence-corrected chi connectivity index (χ4v) is 2.43. The minimum atomic E-state index is -0.505. The van der Waals surface area contributed by atoms with Gasteiger partial charge in [0.05, 0.1) is 10.7 Å². The van der Waals surface area contributed by atoms with Crippen LogP contribution in [0.3, 0.4) is 0 Å². The highest BCUT2D eigenvalue weighted by Gasteiger charge is 2.27. The van der Waals surface area contributed by atoms with Gasteiger partial charge in [0.1, 0.15) is 23.7 Å². The monoisotopic (exact) mass is 292 g/mol. The molecule has 1 atom stereocenters. The van der Waals surface area contributed by atoms with Crippen molar-refractivity contribution in [3.8, 4) is 11.8 Å². The van der Waals surface area contributed by atoms with Crippen LogP contribution < -0.4 is 0 Å². The van der Waals surface area contributed by atoms with Gasteiger partial charge in [0.2, 0.25) is 0 Å². The first-order chi connectivity index (χ1) is 9.70. The number of aromatic nitrogens is 3. The summed E-state index contributed by atoms with van der Waals surface area (Å²) in [7, 11) is 0. The Bertz CT molecular complexity index is 688. The second-order valence-corrected chi connectivity index (χ2v) is 4.85. The molecular weight excluding hydrogens is 283 g/mol. The Morgan fingerprint density at radius 1 is 1.50 bits per heavy atom. The number of benzene rings is 1. The molecule has 1 aromatic carbocycles. The molecule has 0 N–H and O–H groups in total. The van der Waals surface area contributed by atoms with Crippen molar-refractivity contribution in [2.45, 2.75) is 18.9 Å². The van der Waals surface area contributed by atoms with Crippen molar-refractivity contribution in [2.24, 2.45) is 0 Å². The molecule has 7 heteroatoms. The van der Waals surface area contributed by atoms with Gasteiger partial charge in [-0.05, 0) is 31.0 Å². The van der Waals surface area contributed by atoms with Gasteiger partial charge in [-0.1, -0.05) is 16.8 Å². The van der Waals surface area contributed by atoms with E-state index in [0.717, 1.165) is 12.8 Å². The first-order valence-corrected chi connectivity index (χ1v) is 6.51. The Kier molecular flexibility index (Phi) is 3.38. The van der Waals surface area contributed by atoms with Gasteiger partial charge in [-0.25, -0.2) is 9.07 Å². The van der Waals surface area contributed by atoms with Crippen molar-refractivity contribution >= 4 is 11.6 Å². The smallest absolute Gasteiger partial charge is 0.189 e. The fourth-order valence-electron chi connectivity index (χ4n) is 2.26. The average molecular weight is 293 g/mol. The third-order valence-corrected chi connectivity index (χ3v) is 3.48. The number of ether oxygens (including phenoxy) is 1. The molecule has 0 aliphatic carbocycles. The Hall–Kier alpha value is -1.97. The summed E-state index contributed by atoms with van der Waals surface area (Å²) in [5.74, 6) is -0.505. The number of nitriles is 1. The Morgan fingerprint density at radius 3 is 3.00 bits per heavy atom. The highest BCUT2D eigenvalue weighted by molar-refractivity contribution is 6.30. The maximum absolute atomic E-state index is 13.2. The molecule has 3 rings (SSSR count). The van der Waals surface area contributed by atoms with Gasteiger partial charge < -0.3 is 4.74 Å². The van der Waals surface area contributed by atoms with Crippen molar-refractivity contribution < 1.29 is 9.13 Å². The maximum Gasteiger partial charge on any atom is 0.189 e. The number of rotatable bonds is 2. The lowest BCUT2D eigenvalue weighted by Gasteiger charge is -2.12. The van der Waals surface area contributed by atoms with Gasteiger partial charge in [0.25, 0.3) is 0 Å². The average Bonchev–Trinajstić information content (AvgIpc) is 3.09. The molecule has 0 spiro atoms. The number of halogens is 2. The van der Waals surface area contributed by atoms with E-state index >= 15 is 0 Å². The van der Waals surface area contributed by atoms with Gasteiger partial charge in [-0.2, -0.15) is 5.26 Å².